The molecule has 0 bridgehead atoms. The predicted octanol–water partition coefficient (Wildman–Crippen LogP) is 3.54. The topological polar surface area (TPSA) is 75.2 Å². The van der Waals surface area contributed by atoms with E-state index in [-0.39, 0.29) is 16.6 Å². The lowest BCUT2D eigenvalue weighted by atomic mass is 10.1. The molecule has 1 aromatic heterocycles. The molecule has 1 aliphatic heterocycles. The molecule has 0 saturated carbocycles. The van der Waals surface area contributed by atoms with Gasteiger partial charge in [-0.2, -0.15) is 0 Å². The third kappa shape index (κ3) is 3.77. The van der Waals surface area contributed by atoms with Crippen LogP contribution in [0.2, 0.25) is 5.02 Å². The van der Waals surface area contributed by atoms with Gasteiger partial charge in [-0.25, -0.2) is 9.97 Å². The number of aryl methyl sites for hydroxylation is 1. The van der Waals surface area contributed by atoms with E-state index in [9.17, 15) is 9.59 Å². The van der Waals surface area contributed by atoms with Gasteiger partial charge in [0.2, 0.25) is 5.91 Å². The number of aromatic nitrogens is 2. The summed E-state index contributed by atoms with van der Waals surface area (Å²) in [6.45, 7) is 2.65. The summed E-state index contributed by atoms with van der Waals surface area (Å²) in [4.78, 5) is 34.3. The zero-order valence-electron chi connectivity index (χ0n) is 13.9. The molecule has 0 radical (unpaired) electrons. The fourth-order valence-corrected chi connectivity index (χ4v) is 3.26. The van der Waals surface area contributed by atoms with Gasteiger partial charge in [-0.1, -0.05) is 23.4 Å². The van der Waals surface area contributed by atoms with Crippen molar-refractivity contribution in [3.63, 3.8) is 0 Å². The van der Waals surface area contributed by atoms with E-state index in [2.05, 4.69) is 15.3 Å². The van der Waals surface area contributed by atoms with Gasteiger partial charge in [0.25, 0.3) is 5.91 Å². The fourth-order valence-electron chi connectivity index (χ4n) is 2.74. The van der Waals surface area contributed by atoms with Crippen molar-refractivity contribution in [2.24, 2.45) is 0 Å². The maximum Gasteiger partial charge on any atom is 0.275 e. The van der Waals surface area contributed by atoms with E-state index in [1.165, 1.54) is 18.0 Å². The quantitative estimate of drug-likeness (QED) is 0.652. The second-order valence-electron chi connectivity index (χ2n) is 5.66. The van der Waals surface area contributed by atoms with Crippen LogP contribution in [0.5, 0.6) is 0 Å². The van der Waals surface area contributed by atoms with Crippen molar-refractivity contribution in [3.8, 4) is 0 Å². The Kier molecular flexibility index (Phi) is 5.24. The summed E-state index contributed by atoms with van der Waals surface area (Å²) < 4.78 is 0. The minimum Gasteiger partial charge on any atom is -0.321 e. The highest BCUT2D eigenvalue weighted by molar-refractivity contribution is 7.98. The summed E-state index contributed by atoms with van der Waals surface area (Å²) in [6, 6.07) is 5.46. The smallest absolute Gasteiger partial charge is 0.275 e. The lowest BCUT2D eigenvalue weighted by Crippen LogP contribution is -2.24. The van der Waals surface area contributed by atoms with Gasteiger partial charge in [-0.3, -0.25) is 9.59 Å². The highest BCUT2D eigenvalue weighted by atomic mass is 35.5. The molecule has 25 heavy (non-hydrogen) atoms. The van der Waals surface area contributed by atoms with Gasteiger partial charge in [0.15, 0.2) is 10.9 Å². The third-order valence-electron chi connectivity index (χ3n) is 3.94. The molecule has 1 saturated heterocycles. The summed E-state index contributed by atoms with van der Waals surface area (Å²) in [5.74, 6) is -0.260. The molecule has 3 rings (SSSR count). The minimum absolute atomic E-state index is 0.136. The first-order valence-electron chi connectivity index (χ1n) is 7.78. The van der Waals surface area contributed by atoms with Gasteiger partial charge < -0.3 is 10.2 Å². The first kappa shape index (κ1) is 17.7. The number of carbonyl (C=O) groups is 2. The number of rotatable bonds is 4. The number of nitrogens with one attached hydrogen (secondary N) is 1. The molecule has 2 aromatic rings. The molecule has 0 spiro atoms. The maximum atomic E-state index is 12.4. The lowest BCUT2D eigenvalue weighted by Gasteiger charge is -2.19. The molecule has 0 unspecified atom stereocenters. The Hall–Kier alpha value is -2.12. The Morgan fingerprint density at radius 3 is 2.84 bits per heavy atom. The van der Waals surface area contributed by atoms with E-state index in [1.807, 2.05) is 25.3 Å². The van der Waals surface area contributed by atoms with Crippen molar-refractivity contribution in [2.75, 3.05) is 23.0 Å². The molecular weight excluding hydrogens is 360 g/mol. The molecule has 6 nitrogen and oxygen atoms in total. The summed E-state index contributed by atoms with van der Waals surface area (Å²) in [6.07, 6.45) is 4.71. The van der Waals surface area contributed by atoms with E-state index >= 15 is 0 Å². The number of halogens is 1. The second-order valence-corrected chi connectivity index (χ2v) is 6.84. The number of hydrogen-bond acceptors (Lipinski definition) is 5. The standard InChI is InChI=1S/C17H17ClN4O2S/c1-10-8-11(5-6-13(10)22-7-3-4-14(22)23)20-16(24)15-12(18)9-19-17(21-15)25-2/h5-6,8-9H,3-4,7H2,1-2H3,(H,20,24). The largest absolute Gasteiger partial charge is 0.321 e. The fraction of sp³-hybridized carbons (Fsp3) is 0.294. The van der Waals surface area contributed by atoms with Crippen LogP contribution >= 0.6 is 23.4 Å². The molecule has 1 fully saturated rings. The van der Waals surface area contributed by atoms with Crippen LogP contribution in [0.25, 0.3) is 0 Å². The molecule has 2 heterocycles. The van der Waals surface area contributed by atoms with Crippen molar-refractivity contribution in [1.29, 1.82) is 0 Å². The Labute approximate surface area is 155 Å². The first-order chi connectivity index (χ1) is 12.0. The average molecular weight is 377 g/mol. The van der Waals surface area contributed by atoms with Crippen LogP contribution in [0.3, 0.4) is 0 Å². The zero-order chi connectivity index (χ0) is 18.0. The van der Waals surface area contributed by atoms with E-state index in [0.29, 0.717) is 17.3 Å². The SMILES string of the molecule is CSc1ncc(Cl)c(C(=O)Nc2ccc(N3CCCC3=O)c(C)c2)n1. The number of thioether (sulfide) groups is 1. The van der Waals surface area contributed by atoms with Gasteiger partial charge in [0.05, 0.1) is 11.2 Å². The number of amides is 2. The highest BCUT2D eigenvalue weighted by Gasteiger charge is 2.23. The Morgan fingerprint density at radius 1 is 1.40 bits per heavy atom. The number of benzene rings is 1. The molecule has 0 aliphatic carbocycles. The number of anilines is 2. The molecule has 1 N–H and O–H groups in total. The number of hydrogen-bond donors (Lipinski definition) is 1. The van der Waals surface area contributed by atoms with Crippen LogP contribution in [-0.4, -0.2) is 34.6 Å². The van der Waals surface area contributed by atoms with E-state index in [4.69, 9.17) is 11.6 Å². The predicted molar refractivity (Wildman–Crippen MR) is 99.5 cm³/mol. The Morgan fingerprint density at radius 2 is 2.20 bits per heavy atom. The normalized spacial score (nSPS) is 14.0. The van der Waals surface area contributed by atoms with Crippen LogP contribution in [0.15, 0.2) is 29.6 Å². The number of nitrogens with zero attached hydrogens (tertiary/aromatic N) is 3. The van der Waals surface area contributed by atoms with Crippen LogP contribution in [-0.2, 0) is 4.79 Å². The van der Waals surface area contributed by atoms with E-state index in [0.717, 1.165) is 24.2 Å². The highest BCUT2D eigenvalue weighted by Crippen LogP contribution is 2.28. The van der Waals surface area contributed by atoms with Crippen molar-refractivity contribution in [1.82, 2.24) is 9.97 Å². The summed E-state index contributed by atoms with van der Waals surface area (Å²) in [5, 5.41) is 3.47. The Bertz CT molecular complexity index is 843. The molecule has 2 amide bonds. The van der Waals surface area contributed by atoms with E-state index in [1.54, 1.807) is 11.0 Å². The van der Waals surface area contributed by atoms with Gasteiger partial charge in [0, 0.05) is 24.3 Å². The van der Waals surface area contributed by atoms with Crippen LogP contribution in [0, 0.1) is 6.92 Å². The van der Waals surface area contributed by atoms with Crippen molar-refractivity contribution < 1.29 is 9.59 Å². The Balaban J connectivity index is 1.80. The van der Waals surface area contributed by atoms with Gasteiger partial charge in [-0.15, -0.1) is 0 Å². The maximum absolute atomic E-state index is 12.4. The zero-order valence-corrected chi connectivity index (χ0v) is 15.4. The molecule has 130 valence electrons. The van der Waals surface area contributed by atoms with Crippen molar-refractivity contribution in [2.45, 2.75) is 24.9 Å². The molecular formula is C17H17ClN4O2S. The monoisotopic (exact) mass is 376 g/mol. The molecule has 8 heteroatoms. The van der Waals surface area contributed by atoms with Crippen molar-refractivity contribution >= 4 is 46.6 Å². The average Bonchev–Trinajstić information content (AvgIpc) is 3.01. The van der Waals surface area contributed by atoms with Crippen LogP contribution in [0.4, 0.5) is 11.4 Å². The third-order valence-corrected chi connectivity index (χ3v) is 4.78. The summed E-state index contributed by atoms with van der Waals surface area (Å²) >= 11 is 7.37. The second kappa shape index (κ2) is 7.41. The molecule has 0 atom stereocenters. The van der Waals surface area contributed by atoms with Crippen LogP contribution in [0.1, 0.15) is 28.9 Å². The van der Waals surface area contributed by atoms with E-state index < -0.39 is 5.91 Å². The number of carbonyl (C=O) groups excluding carboxylic acids is 2. The molecule has 1 aliphatic rings. The van der Waals surface area contributed by atoms with Crippen LogP contribution < -0.4 is 10.2 Å². The van der Waals surface area contributed by atoms with Crippen molar-refractivity contribution in [3.05, 3.63) is 40.7 Å². The lowest BCUT2D eigenvalue weighted by molar-refractivity contribution is -0.117. The summed E-state index contributed by atoms with van der Waals surface area (Å²) in [5.41, 5.74) is 2.56. The first-order valence-corrected chi connectivity index (χ1v) is 9.39. The van der Waals surface area contributed by atoms with Gasteiger partial charge in [0.1, 0.15) is 0 Å². The van der Waals surface area contributed by atoms with Gasteiger partial charge >= 0.3 is 0 Å². The minimum atomic E-state index is -0.396. The molecule has 1 aromatic carbocycles. The van der Waals surface area contributed by atoms with Gasteiger partial charge in [-0.05, 0) is 43.4 Å². The summed E-state index contributed by atoms with van der Waals surface area (Å²) in [7, 11) is 0.